The van der Waals surface area contributed by atoms with Gasteiger partial charge in [-0.2, -0.15) is 0 Å². The number of hydrogen-bond acceptors (Lipinski definition) is 3. The van der Waals surface area contributed by atoms with Crippen molar-refractivity contribution in [2.24, 2.45) is 17.7 Å². The van der Waals surface area contributed by atoms with Crippen molar-refractivity contribution in [1.82, 2.24) is 10.4 Å². The van der Waals surface area contributed by atoms with Crippen molar-refractivity contribution in [1.29, 1.82) is 0 Å². The Balaban J connectivity index is 1.88. The van der Waals surface area contributed by atoms with Crippen LogP contribution >= 0.6 is 0 Å². The highest BCUT2D eigenvalue weighted by Gasteiger charge is 2.28. The van der Waals surface area contributed by atoms with Gasteiger partial charge in [-0.25, -0.2) is 0 Å². The van der Waals surface area contributed by atoms with E-state index >= 15 is 0 Å². The molecule has 3 N–H and O–H groups in total. The Morgan fingerprint density at radius 2 is 2.00 bits per heavy atom. The molecule has 112 valence electrons. The number of nitrogens with zero attached hydrogens (tertiary/aromatic N) is 1. The summed E-state index contributed by atoms with van der Waals surface area (Å²) in [4.78, 5) is 4.46. The zero-order chi connectivity index (χ0) is 14.7. The molecule has 0 aliphatic heterocycles. The molecule has 0 radical (unpaired) electrons. The lowest BCUT2D eigenvalue weighted by atomic mass is 9.75. The fraction of sp³-hybridized carbons (Fsp3) is 0.500. The molecule has 2 aromatic rings. The van der Waals surface area contributed by atoms with Crippen molar-refractivity contribution in [3.8, 4) is 0 Å². The SMILES string of the molecule is CCC1CCC(C(NN)c2cccc3ncccc23)CC1. The minimum Gasteiger partial charge on any atom is -0.271 e. The first-order valence-corrected chi connectivity index (χ1v) is 8.13. The van der Waals surface area contributed by atoms with E-state index in [0.29, 0.717) is 5.92 Å². The van der Waals surface area contributed by atoms with E-state index in [4.69, 9.17) is 5.84 Å². The van der Waals surface area contributed by atoms with E-state index < -0.39 is 0 Å². The molecule has 1 aromatic carbocycles. The third-order valence-corrected chi connectivity index (χ3v) is 5.13. The lowest BCUT2D eigenvalue weighted by Crippen LogP contribution is -2.35. The van der Waals surface area contributed by atoms with Crippen LogP contribution in [0.2, 0.25) is 0 Å². The monoisotopic (exact) mass is 283 g/mol. The Kier molecular flexibility index (Phi) is 4.51. The summed E-state index contributed by atoms with van der Waals surface area (Å²) in [6, 6.07) is 10.7. The predicted molar refractivity (Wildman–Crippen MR) is 87.5 cm³/mol. The van der Waals surface area contributed by atoms with Crippen molar-refractivity contribution < 1.29 is 0 Å². The molecule has 1 unspecified atom stereocenters. The van der Waals surface area contributed by atoms with Gasteiger partial charge in [0.2, 0.25) is 0 Å². The fourth-order valence-electron chi connectivity index (χ4n) is 3.81. The van der Waals surface area contributed by atoms with E-state index in [9.17, 15) is 0 Å². The third kappa shape index (κ3) is 2.94. The second kappa shape index (κ2) is 6.54. The molecule has 1 aliphatic rings. The van der Waals surface area contributed by atoms with Crippen LogP contribution in [-0.2, 0) is 0 Å². The Morgan fingerprint density at radius 3 is 2.71 bits per heavy atom. The molecule has 3 rings (SSSR count). The van der Waals surface area contributed by atoms with E-state index in [1.807, 2.05) is 12.3 Å². The summed E-state index contributed by atoms with van der Waals surface area (Å²) in [6.07, 6.45) is 8.37. The highest BCUT2D eigenvalue weighted by Crippen LogP contribution is 2.39. The van der Waals surface area contributed by atoms with E-state index in [0.717, 1.165) is 11.4 Å². The van der Waals surface area contributed by atoms with Crippen LogP contribution in [0.25, 0.3) is 10.9 Å². The molecule has 1 fully saturated rings. The van der Waals surface area contributed by atoms with Crippen LogP contribution in [-0.4, -0.2) is 4.98 Å². The Bertz CT molecular complexity index is 583. The van der Waals surface area contributed by atoms with Crippen molar-refractivity contribution in [3.05, 3.63) is 42.1 Å². The standard InChI is InChI=1S/C18H25N3/c1-2-13-8-10-14(11-9-13)18(21-19)16-5-3-7-17-15(16)6-4-12-20-17/h3-7,12-14,18,21H,2,8-11,19H2,1H3. The van der Waals surface area contributed by atoms with Crippen LogP contribution in [0.4, 0.5) is 0 Å². The van der Waals surface area contributed by atoms with Gasteiger partial charge in [-0.05, 0) is 42.4 Å². The molecular weight excluding hydrogens is 258 g/mol. The van der Waals surface area contributed by atoms with Crippen molar-refractivity contribution in [3.63, 3.8) is 0 Å². The molecule has 0 bridgehead atoms. The van der Waals surface area contributed by atoms with Gasteiger partial charge in [-0.15, -0.1) is 0 Å². The molecule has 3 nitrogen and oxygen atoms in total. The lowest BCUT2D eigenvalue weighted by Gasteiger charge is -2.34. The van der Waals surface area contributed by atoms with Crippen LogP contribution in [0.1, 0.15) is 50.6 Å². The zero-order valence-electron chi connectivity index (χ0n) is 12.8. The first-order valence-electron chi connectivity index (χ1n) is 8.13. The Morgan fingerprint density at radius 1 is 1.19 bits per heavy atom. The molecule has 0 amide bonds. The van der Waals surface area contributed by atoms with Crippen LogP contribution in [0.5, 0.6) is 0 Å². The predicted octanol–water partition coefficient (Wildman–Crippen LogP) is 3.96. The largest absolute Gasteiger partial charge is 0.271 e. The van der Waals surface area contributed by atoms with E-state index in [-0.39, 0.29) is 6.04 Å². The lowest BCUT2D eigenvalue weighted by molar-refractivity contribution is 0.220. The minimum atomic E-state index is 0.232. The van der Waals surface area contributed by atoms with Gasteiger partial charge in [-0.3, -0.25) is 16.3 Å². The first kappa shape index (κ1) is 14.5. The summed E-state index contributed by atoms with van der Waals surface area (Å²) in [5.74, 6) is 7.46. The molecule has 3 heteroatoms. The molecular formula is C18H25N3. The zero-order valence-corrected chi connectivity index (χ0v) is 12.8. The van der Waals surface area contributed by atoms with Gasteiger partial charge in [0.15, 0.2) is 0 Å². The summed E-state index contributed by atoms with van der Waals surface area (Å²) in [6.45, 7) is 2.31. The molecule has 1 aromatic heterocycles. The number of nitrogens with one attached hydrogen (secondary N) is 1. The number of rotatable bonds is 4. The number of pyridine rings is 1. The fourth-order valence-corrected chi connectivity index (χ4v) is 3.81. The Hall–Kier alpha value is -1.45. The van der Waals surface area contributed by atoms with E-state index in [1.54, 1.807) is 0 Å². The van der Waals surface area contributed by atoms with Crippen LogP contribution in [0.15, 0.2) is 36.5 Å². The molecule has 0 spiro atoms. The third-order valence-electron chi connectivity index (χ3n) is 5.13. The van der Waals surface area contributed by atoms with Gasteiger partial charge in [0.25, 0.3) is 0 Å². The molecule has 1 saturated carbocycles. The quantitative estimate of drug-likeness (QED) is 0.659. The van der Waals surface area contributed by atoms with Gasteiger partial charge in [0.05, 0.1) is 5.52 Å². The number of hydrazine groups is 1. The van der Waals surface area contributed by atoms with Crippen LogP contribution < -0.4 is 11.3 Å². The summed E-state index contributed by atoms with van der Waals surface area (Å²) in [5, 5.41) is 1.22. The molecule has 1 atom stereocenters. The summed E-state index contributed by atoms with van der Waals surface area (Å²) >= 11 is 0. The average molecular weight is 283 g/mol. The number of aromatic nitrogens is 1. The topological polar surface area (TPSA) is 50.9 Å². The second-order valence-electron chi connectivity index (χ2n) is 6.25. The number of nitrogens with two attached hydrogens (primary N) is 1. The van der Waals surface area contributed by atoms with Crippen LogP contribution in [0, 0.1) is 11.8 Å². The maximum Gasteiger partial charge on any atom is 0.0705 e. The normalized spacial score (nSPS) is 24.1. The summed E-state index contributed by atoms with van der Waals surface area (Å²) in [7, 11) is 0. The maximum absolute atomic E-state index is 5.92. The Labute approximate surface area is 126 Å². The number of hydrogen-bond donors (Lipinski definition) is 2. The molecule has 1 aliphatic carbocycles. The molecule has 21 heavy (non-hydrogen) atoms. The average Bonchev–Trinajstić information content (AvgIpc) is 2.56. The van der Waals surface area contributed by atoms with Gasteiger partial charge in [-0.1, -0.05) is 44.4 Å². The summed E-state index contributed by atoms with van der Waals surface area (Å²) < 4.78 is 0. The van der Waals surface area contributed by atoms with E-state index in [1.165, 1.54) is 43.1 Å². The minimum absolute atomic E-state index is 0.232. The number of benzene rings is 1. The first-order chi connectivity index (χ1) is 10.3. The van der Waals surface area contributed by atoms with Crippen LogP contribution in [0.3, 0.4) is 0 Å². The van der Waals surface area contributed by atoms with Crippen molar-refractivity contribution in [2.75, 3.05) is 0 Å². The van der Waals surface area contributed by atoms with Crippen molar-refractivity contribution in [2.45, 2.75) is 45.1 Å². The summed E-state index contributed by atoms with van der Waals surface area (Å²) in [5.41, 5.74) is 5.43. The smallest absolute Gasteiger partial charge is 0.0705 e. The highest BCUT2D eigenvalue weighted by atomic mass is 15.2. The van der Waals surface area contributed by atoms with Crippen molar-refractivity contribution >= 4 is 10.9 Å². The molecule has 0 saturated heterocycles. The molecule has 1 heterocycles. The second-order valence-corrected chi connectivity index (χ2v) is 6.25. The highest BCUT2D eigenvalue weighted by molar-refractivity contribution is 5.82. The van der Waals surface area contributed by atoms with Gasteiger partial charge in [0.1, 0.15) is 0 Å². The van der Waals surface area contributed by atoms with Gasteiger partial charge >= 0.3 is 0 Å². The van der Waals surface area contributed by atoms with Gasteiger partial charge in [0, 0.05) is 17.6 Å². The maximum atomic E-state index is 5.92. The van der Waals surface area contributed by atoms with Gasteiger partial charge < -0.3 is 0 Å². The van der Waals surface area contributed by atoms with E-state index in [2.05, 4.69) is 41.6 Å². The number of fused-ring (bicyclic) bond motifs is 1.